The van der Waals surface area contributed by atoms with Crippen molar-refractivity contribution < 1.29 is 17.6 Å². The smallest absolute Gasteiger partial charge is 0.255 e. The van der Waals surface area contributed by atoms with Gasteiger partial charge in [-0.25, -0.2) is 17.5 Å². The lowest BCUT2D eigenvalue weighted by atomic mass is 10.2. The Hall–Kier alpha value is -3.03. The summed E-state index contributed by atoms with van der Waals surface area (Å²) in [4.78, 5) is 12.4. The first-order chi connectivity index (χ1) is 13.3. The lowest BCUT2D eigenvalue weighted by Gasteiger charge is -2.09. The van der Waals surface area contributed by atoms with E-state index in [9.17, 15) is 17.6 Å². The third kappa shape index (κ3) is 5.03. The fraction of sp³-hybridized carbons (Fsp3) is 0.0952. The molecule has 0 heterocycles. The Labute approximate surface area is 163 Å². The number of amides is 1. The zero-order chi connectivity index (χ0) is 20.1. The number of carbonyl (C=O) groups is 1. The SMILES string of the molecule is Cc1ccc(NC(=O)c2cccc(S(=O)(=O)NCc3ccc(F)cc3)c2)cc1. The fourth-order valence-corrected chi connectivity index (χ4v) is 3.57. The van der Waals surface area contributed by atoms with Gasteiger partial charge < -0.3 is 5.32 Å². The van der Waals surface area contributed by atoms with Gasteiger partial charge in [-0.2, -0.15) is 0 Å². The molecule has 0 aromatic heterocycles. The van der Waals surface area contributed by atoms with E-state index in [1.165, 1.54) is 42.5 Å². The van der Waals surface area contributed by atoms with E-state index >= 15 is 0 Å². The zero-order valence-corrected chi connectivity index (χ0v) is 16.0. The van der Waals surface area contributed by atoms with Crippen molar-refractivity contribution in [1.82, 2.24) is 4.72 Å². The molecule has 0 spiro atoms. The summed E-state index contributed by atoms with van der Waals surface area (Å²) >= 11 is 0. The highest BCUT2D eigenvalue weighted by Gasteiger charge is 2.16. The number of sulfonamides is 1. The molecule has 0 bridgehead atoms. The van der Waals surface area contributed by atoms with E-state index < -0.39 is 15.9 Å². The molecule has 0 unspecified atom stereocenters. The summed E-state index contributed by atoms with van der Waals surface area (Å²) in [5.41, 5.74) is 2.54. The first kappa shape index (κ1) is 19.7. The van der Waals surface area contributed by atoms with Crippen molar-refractivity contribution in [2.45, 2.75) is 18.4 Å². The average molecular weight is 398 g/mol. The molecule has 3 aromatic rings. The summed E-state index contributed by atoms with van der Waals surface area (Å²) in [5.74, 6) is -0.793. The maximum atomic E-state index is 12.9. The number of rotatable bonds is 6. The second-order valence-electron chi connectivity index (χ2n) is 6.30. The first-order valence-corrected chi connectivity index (χ1v) is 10.0. The number of nitrogens with one attached hydrogen (secondary N) is 2. The van der Waals surface area contributed by atoms with Crippen LogP contribution in [-0.2, 0) is 16.6 Å². The van der Waals surface area contributed by atoms with Crippen LogP contribution in [0.1, 0.15) is 21.5 Å². The summed E-state index contributed by atoms with van der Waals surface area (Å²) in [6.07, 6.45) is 0. The van der Waals surface area contributed by atoms with E-state index in [2.05, 4.69) is 10.0 Å². The van der Waals surface area contributed by atoms with Crippen LogP contribution in [0.5, 0.6) is 0 Å². The van der Waals surface area contributed by atoms with Crippen molar-refractivity contribution in [2.75, 3.05) is 5.32 Å². The van der Waals surface area contributed by atoms with Gasteiger partial charge in [0.15, 0.2) is 0 Å². The van der Waals surface area contributed by atoms with Crippen LogP contribution >= 0.6 is 0 Å². The highest BCUT2D eigenvalue weighted by atomic mass is 32.2. The van der Waals surface area contributed by atoms with Crippen LogP contribution in [0.15, 0.2) is 77.7 Å². The van der Waals surface area contributed by atoms with Gasteiger partial charge in [-0.15, -0.1) is 0 Å². The lowest BCUT2D eigenvalue weighted by molar-refractivity contribution is 0.102. The number of aryl methyl sites for hydroxylation is 1. The van der Waals surface area contributed by atoms with E-state index in [1.807, 2.05) is 19.1 Å². The quantitative estimate of drug-likeness (QED) is 0.662. The van der Waals surface area contributed by atoms with Crippen LogP contribution in [0, 0.1) is 12.7 Å². The van der Waals surface area contributed by atoms with Crippen LogP contribution in [0.3, 0.4) is 0 Å². The van der Waals surface area contributed by atoms with Gasteiger partial charge in [-0.05, 0) is 55.0 Å². The molecule has 2 N–H and O–H groups in total. The first-order valence-electron chi connectivity index (χ1n) is 8.56. The predicted octanol–water partition coefficient (Wildman–Crippen LogP) is 3.86. The Balaban J connectivity index is 1.72. The van der Waals surface area contributed by atoms with Gasteiger partial charge in [0.2, 0.25) is 10.0 Å². The Morgan fingerprint density at radius 1 is 0.964 bits per heavy atom. The van der Waals surface area contributed by atoms with Crippen molar-refractivity contribution in [3.8, 4) is 0 Å². The summed E-state index contributed by atoms with van der Waals surface area (Å²) in [6.45, 7) is 1.96. The number of hydrogen-bond donors (Lipinski definition) is 2. The largest absolute Gasteiger partial charge is 0.322 e. The lowest BCUT2D eigenvalue weighted by Crippen LogP contribution is -2.23. The second kappa shape index (κ2) is 8.33. The predicted molar refractivity (Wildman–Crippen MR) is 106 cm³/mol. The number of anilines is 1. The van der Waals surface area contributed by atoms with Gasteiger partial charge in [0.1, 0.15) is 5.82 Å². The summed E-state index contributed by atoms with van der Waals surface area (Å²) in [5, 5.41) is 2.74. The fourth-order valence-electron chi connectivity index (χ4n) is 2.51. The maximum absolute atomic E-state index is 12.9. The molecule has 144 valence electrons. The van der Waals surface area contributed by atoms with Crippen LogP contribution in [0.4, 0.5) is 10.1 Å². The topological polar surface area (TPSA) is 75.3 Å². The van der Waals surface area contributed by atoms with E-state index in [-0.39, 0.29) is 22.8 Å². The molecule has 0 saturated carbocycles. The molecule has 0 aliphatic carbocycles. The monoisotopic (exact) mass is 398 g/mol. The van der Waals surface area contributed by atoms with Crippen LogP contribution in [-0.4, -0.2) is 14.3 Å². The number of hydrogen-bond acceptors (Lipinski definition) is 3. The third-order valence-electron chi connectivity index (χ3n) is 4.10. The van der Waals surface area contributed by atoms with Gasteiger partial charge in [-0.1, -0.05) is 35.9 Å². The highest BCUT2D eigenvalue weighted by molar-refractivity contribution is 7.89. The van der Waals surface area contributed by atoms with Crippen molar-refractivity contribution in [3.63, 3.8) is 0 Å². The van der Waals surface area contributed by atoms with Crippen LogP contribution in [0.2, 0.25) is 0 Å². The van der Waals surface area contributed by atoms with Gasteiger partial charge in [0, 0.05) is 17.8 Å². The number of halogens is 1. The Morgan fingerprint density at radius 3 is 2.32 bits per heavy atom. The van der Waals surface area contributed by atoms with Crippen molar-refractivity contribution in [1.29, 1.82) is 0 Å². The van der Waals surface area contributed by atoms with Crippen molar-refractivity contribution in [2.24, 2.45) is 0 Å². The molecule has 7 heteroatoms. The maximum Gasteiger partial charge on any atom is 0.255 e. The molecule has 0 radical (unpaired) electrons. The molecule has 0 saturated heterocycles. The molecule has 3 aromatic carbocycles. The Kier molecular flexibility index (Phi) is 5.87. The summed E-state index contributed by atoms with van der Waals surface area (Å²) in [7, 11) is -3.83. The molecule has 5 nitrogen and oxygen atoms in total. The molecule has 3 rings (SSSR count). The minimum Gasteiger partial charge on any atom is -0.322 e. The van der Waals surface area contributed by atoms with Gasteiger partial charge >= 0.3 is 0 Å². The Bertz CT molecular complexity index is 1080. The molecular formula is C21H19FN2O3S. The molecule has 28 heavy (non-hydrogen) atoms. The van der Waals surface area contributed by atoms with Crippen LogP contribution < -0.4 is 10.0 Å². The van der Waals surface area contributed by atoms with Crippen molar-refractivity contribution >= 4 is 21.6 Å². The molecule has 0 atom stereocenters. The number of benzene rings is 3. The zero-order valence-electron chi connectivity index (χ0n) is 15.1. The van der Waals surface area contributed by atoms with Gasteiger partial charge in [-0.3, -0.25) is 4.79 Å². The standard InChI is InChI=1S/C21H19FN2O3S/c1-15-5-11-19(12-6-15)24-21(25)17-3-2-4-20(13-17)28(26,27)23-14-16-7-9-18(22)10-8-16/h2-13,23H,14H2,1H3,(H,24,25). The van der Waals surface area contributed by atoms with Gasteiger partial charge in [0.25, 0.3) is 5.91 Å². The molecule has 0 fully saturated rings. The molecule has 0 aliphatic heterocycles. The minimum absolute atomic E-state index is 0.0163. The molecule has 0 aliphatic rings. The highest BCUT2D eigenvalue weighted by Crippen LogP contribution is 2.15. The minimum atomic E-state index is -3.83. The third-order valence-corrected chi connectivity index (χ3v) is 5.49. The van der Waals surface area contributed by atoms with E-state index in [1.54, 1.807) is 18.2 Å². The molecule has 1 amide bonds. The van der Waals surface area contributed by atoms with E-state index in [4.69, 9.17) is 0 Å². The van der Waals surface area contributed by atoms with Crippen molar-refractivity contribution in [3.05, 3.63) is 95.3 Å². The normalized spacial score (nSPS) is 11.2. The Morgan fingerprint density at radius 2 is 1.64 bits per heavy atom. The number of carbonyl (C=O) groups excluding carboxylic acids is 1. The average Bonchev–Trinajstić information content (AvgIpc) is 2.69. The summed E-state index contributed by atoms with van der Waals surface area (Å²) < 4.78 is 40.4. The van der Waals surface area contributed by atoms with E-state index in [0.717, 1.165) is 5.56 Å². The van der Waals surface area contributed by atoms with Crippen LogP contribution in [0.25, 0.3) is 0 Å². The summed E-state index contributed by atoms with van der Waals surface area (Å²) in [6, 6.07) is 18.6. The van der Waals surface area contributed by atoms with E-state index in [0.29, 0.717) is 11.3 Å². The molecular weight excluding hydrogens is 379 g/mol. The van der Waals surface area contributed by atoms with Gasteiger partial charge in [0.05, 0.1) is 4.90 Å². The second-order valence-corrected chi connectivity index (χ2v) is 8.07.